The number of hydrogen-bond donors (Lipinski definition) is 1. The summed E-state index contributed by atoms with van der Waals surface area (Å²) in [6.45, 7) is 1.86. The number of aryl methyl sites for hydroxylation is 1. The van der Waals surface area contributed by atoms with Crippen LogP contribution in [-0.2, 0) is 4.79 Å². The second-order valence-electron chi connectivity index (χ2n) is 4.12. The number of ether oxygens (including phenoxy) is 1. The van der Waals surface area contributed by atoms with Crippen LogP contribution < -0.4 is 10.2 Å². The van der Waals surface area contributed by atoms with E-state index in [0.29, 0.717) is 15.2 Å². The first kappa shape index (κ1) is 16.0. The van der Waals surface area contributed by atoms with E-state index in [1.54, 1.807) is 35.8 Å². The SMILES string of the molecule is Cc1ccsc1/C=N/NC(=O)COc1ccc(Cl)cc1Br. The van der Waals surface area contributed by atoms with Crippen molar-refractivity contribution in [2.75, 3.05) is 6.61 Å². The lowest BCUT2D eigenvalue weighted by Gasteiger charge is -2.07. The van der Waals surface area contributed by atoms with Crippen molar-refractivity contribution < 1.29 is 9.53 Å². The minimum absolute atomic E-state index is 0.124. The Morgan fingerprint density at radius 1 is 1.52 bits per heavy atom. The summed E-state index contributed by atoms with van der Waals surface area (Å²) in [5.74, 6) is 0.218. The number of nitrogens with one attached hydrogen (secondary N) is 1. The molecule has 0 saturated carbocycles. The normalized spacial score (nSPS) is 10.8. The predicted molar refractivity (Wildman–Crippen MR) is 89.4 cm³/mol. The summed E-state index contributed by atoms with van der Waals surface area (Å²) in [7, 11) is 0. The summed E-state index contributed by atoms with van der Waals surface area (Å²) >= 11 is 10.7. The molecule has 110 valence electrons. The van der Waals surface area contributed by atoms with Gasteiger partial charge in [0.15, 0.2) is 6.61 Å². The van der Waals surface area contributed by atoms with E-state index < -0.39 is 0 Å². The van der Waals surface area contributed by atoms with Crippen molar-refractivity contribution in [1.82, 2.24) is 5.43 Å². The van der Waals surface area contributed by atoms with Crippen molar-refractivity contribution in [1.29, 1.82) is 0 Å². The number of halogens is 2. The number of hydrogen-bond acceptors (Lipinski definition) is 4. The van der Waals surface area contributed by atoms with Gasteiger partial charge < -0.3 is 4.74 Å². The molecule has 1 aromatic heterocycles. The number of thiophene rings is 1. The maximum atomic E-state index is 11.6. The van der Waals surface area contributed by atoms with Crippen LogP contribution in [0.25, 0.3) is 0 Å². The molecule has 0 unspecified atom stereocenters. The molecule has 1 heterocycles. The second kappa shape index (κ2) is 7.59. The van der Waals surface area contributed by atoms with Crippen molar-refractivity contribution >= 4 is 51.0 Å². The van der Waals surface area contributed by atoms with Gasteiger partial charge in [-0.1, -0.05) is 11.6 Å². The Balaban J connectivity index is 1.82. The Bertz CT molecular complexity index is 673. The molecule has 7 heteroatoms. The number of carbonyl (C=O) groups excluding carboxylic acids is 1. The fourth-order valence-electron chi connectivity index (χ4n) is 1.45. The Labute approximate surface area is 139 Å². The fourth-order valence-corrected chi connectivity index (χ4v) is 3.03. The zero-order chi connectivity index (χ0) is 15.2. The molecular formula is C14H12BrClN2O2S. The van der Waals surface area contributed by atoms with Crippen LogP contribution in [0.3, 0.4) is 0 Å². The quantitative estimate of drug-likeness (QED) is 0.623. The van der Waals surface area contributed by atoms with E-state index in [-0.39, 0.29) is 12.5 Å². The topological polar surface area (TPSA) is 50.7 Å². The van der Waals surface area contributed by atoms with Gasteiger partial charge in [0, 0.05) is 9.90 Å². The third-order valence-electron chi connectivity index (χ3n) is 2.53. The molecule has 0 bridgehead atoms. The van der Waals surface area contributed by atoms with Gasteiger partial charge in [-0.05, 0) is 58.1 Å². The molecule has 1 aromatic carbocycles. The lowest BCUT2D eigenvalue weighted by Crippen LogP contribution is -2.24. The average Bonchev–Trinajstić information content (AvgIpc) is 2.83. The number of hydrazone groups is 1. The van der Waals surface area contributed by atoms with E-state index in [4.69, 9.17) is 16.3 Å². The number of rotatable bonds is 5. The Morgan fingerprint density at radius 3 is 3.00 bits per heavy atom. The Hall–Kier alpha value is -1.37. The lowest BCUT2D eigenvalue weighted by atomic mass is 10.3. The molecule has 1 N–H and O–H groups in total. The summed E-state index contributed by atoms with van der Waals surface area (Å²) in [4.78, 5) is 12.6. The van der Waals surface area contributed by atoms with Crippen molar-refractivity contribution in [2.45, 2.75) is 6.92 Å². The summed E-state index contributed by atoms with van der Waals surface area (Å²) in [5, 5.41) is 6.46. The monoisotopic (exact) mass is 386 g/mol. The number of nitrogens with zero attached hydrogens (tertiary/aromatic N) is 1. The molecule has 2 aromatic rings. The van der Waals surface area contributed by atoms with Crippen LogP contribution in [-0.4, -0.2) is 18.7 Å². The highest BCUT2D eigenvalue weighted by Gasteiger charge is 2.05. The molecule has 0 radical (unpaired) electrons. The van der Waals surface area contributed by atoms with Crippen LogP contribution in [0.15, 0.2) is 39.2 Å². The van der Waals surface area contributed by atoms with Crippen molar-refractivity contribution in [2.24, 2.45) is 5.10 Å². The van der Waals surface area contributed by atoms with Gasteiger partial charge in [0.05, 0.1) is 10.7 Å². The molecule has 0 atom stereocenters. The van der Waals surface area contributed by atoms with Crippen molar-refractivity contribution in [3.8, 4) is 5.75 Å². The first-order valence-corrected chi connectivity index (χ1v) is 8.05. The molecule has 4 nitrogen and oxygen atoms in total. The molecule has 0 aliphatic heterocycles. The predicted octanol–water partition coefficient (Wildman–Crippen LogP) is 4.00. The highest BCUT2D eigenvalue weighted by molar-refractivity contribution is 9.10. The van der Waals surface area contributed by atoms with Gasteiger partial charge in [0.25, 0.3) is 5.91 Å². The summed E-state index contributed by atoms with van der Waals surface area (Å²) < 4.78 is 6.07. The molecule has 1 amide bonds. The maximum Gasteiger partial charge on any atom is 0.277 e. The second-order valence-corrected chi connectivity index (χ2v) is 6.36. The average molecular weight is 388 g/mol. The van der Waals surface area contributed by atoms with E-state index in [9.17, 15) is 4.79 Å². The van der Waals surface area contributed by atoms with Gasteiger partial charge in [0.2, 0.25) is 0 Å². The minimum atomic E-state index is -0.331. The van der Waals surface area contributed by atoms with Gasteiger partial charge in [-0.15, -0.1) is 11.3 Å². The van der Waals surface area contributed by atoms with Gasteiger partial charge in [-0.3, -0.25) is 4.79 Å². The van der Waals surface area contributed by atoms with E-state index >= 15 is 0 Å². The van der Waals surface area contributed by atoms with Gasteiger partial charge >= 0.3 is 0 Å². The first-order chi connectivity index (χ1) is 10.1. The molecule has 2 rings (SSSR count). The minimum Gasteiger partial charge on any atom is -0.483 e. The van der Waals surface area contributed by atoms with E-state index in [1.807, 2.05) is 18.4 Å². The van der Waals surface area contributed by atoms with Crippen LogP contribution in [0.2, 0.25) is 5.02 Å². The molecule has 0 aliphatic carbocycles. The van der Waals surface area contributed by atoms with Crippen LogP contribution in [0.1, 0.15) is 10.4 Å². The standard InChI is InChI=1S/C14H12BrClN2O2S/c1-9-4-5-21-13(9)7-17-18-14(19)8-20-12-3-2-10(16)6-11(12)15/h2-7H,8H2,1H3,(H,18,19)/b17-7+. The van der Waals surface area contributed by atoms with Crippen LogP contribution >= 0.6 is 38.9 Å². The van der Waals surface area contributed by atoms with Crippen LogP contribution in [0.5, 0.6) is 5.75 Å². The van der Waals surface area contributed by atoms with Gasteiger partial charge in [-0.25, -0.2) is 5.43 Å². The van der Waals surface area contributed by atoms with Crippen LogP contribution in [0, 0.1) is 6.92 Å². The van der Waals surface area contributed by atoms with Gasteiger partial charge in [0.1, 0.15) is 5.75 Å². The molecular weight excluding hydrogens is 376 g/mol. The molecule has 0 aliphatic rings. The Morgan fingerprint density at radius 2 is 2.33 bits per heavy atom. The smallest absolute Gasteiger partial charge is 0.277 e. The highest BCUT2D eigenvalue weighted by Crippen LogP contribution is 2.27. The third kappa shape index (κ3) is 4.84. The third-order valence-corrected chi connectivity index (χ3v) is 4.33. The zero-order valence-corrected chi connectivity index (χ0v) is 14.3. The van der Waals surface area contributed by atoms with E-state index in [2.05, 4.69) is 26.5 Å². The largest absolute Gasteiger partial charge is 0.483 e. The first-order valence-electron chi connectivity index (χ1n) is 6.00. The lowest BCUT2D eigenvalue weighted by molar-refractivity contribution is -0.123. The number of benzene rings is 1. The zero-order valence-electron chi connectivity index (χ0n) is 11.1. The van der Waals surface area contributed by atoms with Crippen molar-refractivity contribution in [3.63, 3.8) is 0 Å². The number of carbonyl (C=O) groups is 1. The fraction of sp³-hybridized carbons (Fsp3) is 0.143. The van der Waals surface area contributed by atoms with Gasteiger partial charge in [-0.2, -0.15) is 5.10 Å². The van der Waals surface area contributed by atoms with E-state index in [1.165, 1.54) is 0 Å². The summed E-state index contributed by atoms with van der Waals surface area (Å²) in [6.07, 6.45) is 1.62. The molecule has 21 heavy (non-hydrogen) atoms. The molecule has 0 spiro atoms. The van der Waals surface area contributed by atoms with Crippen molar-refractivity contribution in [3.05, 3.63) is 49.6 Å². The maximum absolute atomic E-state index is 11.6. The van der Waals surface area contributed by atoms with E-state index in [0.717, 1.165) is 10.4 Å². The Kier molecular flexibility index (Phi) is 5.78. The molecule has 0 fully saturated rings. The summed E-state index contributed by atoms with van der Waals surface area (Å²) in [6, 6.07) is 7.08. The van der Waals surface area contributed by atoms with Crippen LogP contribution in [0.4, 0.5) is 0 Å². The molecule has 0 saturated heterocycles. The number of amides is 1. The summed E-state index contributed by atoms with van der Waals surface area (Å²) in [5.41, 5.74) is 3.54. The highest BCUT2D eigenvalue weighted by atomic mass is 79.9.